The number of ether oxygens (including phenoxy) is 1. The van der Waals surface area contributed by atoms with Crippen LogP contribution >= 0.6 is 11.8 Å². The van der Waals surface area contributed by atoms with Gasteiger partial charge in [0.2, 0.25) is 0 Å². The largest absolute Gasteiger partial charge is 0.497 e. The Morgan fingerprint density at radius 3 is 2.28 bits per heavy atom. The molecule has 5 nitrogen and oxygen atoms in total. The zero-order chi connectivity index (χ0) is 20.2. The minimum Gasteiger partial charge on any atom is -0.497 e. The summed E-state index contributed by atoms with van der Waals surface area (Å²) in [6.07, 6.45) is 3.46. The van der Waals surface area contributed by atoms with Crippen LogP contribution in [0.1, 0.15) is 17.7 Å². The van der Waals surface area contributed by atoms with Crippen LogP contribution in [0.25, 0.3) is 17.1 Å². The molecule has 0 unspecified atom stereocenters. The zero-order valence-electron chi connectivity index (χ0n) is 16.0. The first-order valence-electron chi connectivity index (χ1n) is 9.08. The van der Waals surface area contributed by atoms with Gasteiger partial charge in [-0.05, 0) is 61.0 Å². The number of pyridine rings is 1. The van der Waals surface area contributed by atoms with E-state index in [1.165, 1.54) is 12.1 Å². The summed E-state index contributed by atoms with van der Waals surface area (Å²) >= 11 is 1.57. The number of benzene rings is 2. The fraction of sp³-hybridized carbons (Fsp3) is 0.136. The molecule has 0 aliphatic heterocycles. The van der Waals surface area contributed by atoms with Gasteiger partial charge in [0.15, 0.2) is 11.0 Å². The molecule has 7 heteroatoms. The summed E-state index contributed by atoms with van der Waals surface area (Å²) in [6.45, 7) is 2.07. The quantitative estimate of drug-likeness (QED) is 0.405. The standard InChI is InChI=1S/C22H19FN4OS/c1-15(16-3-5-18(23)6-4-16)29-22-26-25-21(17-11-13-24-14-12-17)27(22)19-7-9-20(28-2)10-8-19/h3-15H,1-2H3/t15-/m0/s1. The number of nitrogens with zero attached hydrogens (tertiary/aromatic N) is 4. The molecule has 0 N–H and O–H groups in total. The summed E-state index contributed by atoms with van der Waals surface area (Å²) in [5.41, 5.74) is 2.87. The van der Waals surface area contributed by atoms with E-state index in [0.717, 1.165) is 33.5 Å². The average molecular weight is 406 g/mol. The molecular weight excluding hydrogens is 387 g/mol. The van der Waals surface area contributed by atoms with Crippen molar-refractivity contribution in [3.8, 4) is 22.8 Å². The van der Waals surface area contributed by atoms with E-state index in [2.05, 4.69) is 22.1 Å². The molecule has 146 valence electrons. The summed E-state index contributed by atoms with van der Waals surface area (Å²) in [5, 5.41) is 9.70. The predicted molar refractivity (Wildman–Crippen MR) is 112 cm³/mol. The van der Waals surface area contributed by atoms with Gasteiger partial charge in [0, 0.05) is 28.9 Å². The molecule has 0 spiro atoms. The first kappa shape index (κ1) is 19.1. The van der Waals surface area contributed by atoms with E-state index in [-0.39, 0.29) is 11.1 Å². The van der Waals surface area contributed by atoms with E-state index < -0.39 is 0 Å². The van der Waals surface area contributed by atoms with Gasteiger partial charge in [-0.3, -0.25) is 9.55 Å². The Labute approximate surface area is 172 Å². The minimum absolute atomic E-state index is 0.0714. The Balaban J connectivity index is 1.75. The summed E-state index contributed by atoms with van der Waals surface area (Å²) in [4.78, 5) is 4.09. The Morgan fingerprint density at radius 2 is 1.62 bits per heavy atom. The van der Waals surface area contributed by atoms with Gasteiger partial charge in [-0.1, -0.05) is 23.9 Å². The minimum atomic E-state index is -0.243. The SMILES string of the molecule is COc1ccc(-n2c(S[C@@H](C)c3ccc(F)cc3)nnc2-c2ccncc2)cc1. The highest BCUT2D eigenvalue weighted by atomic mass is 32.2. The molecule has 0 aliphatic carbocycles. The van der Waals surface area contributed by atoms with Gasteiger partial charge in [0.1, 0.15) is 11.6 Å². The molecule has 0 bridgehead atoms. The number of methoxy groups -OCH3 is 1. The second kappa shape index (κ2) is 8.45. The second-order valence-electron chi connectivity index (χ2n) is 6.39. The Bertz CT molecular complexity index is 1080. The third-order valence-corrected chi connectivity index (χ3v) is 5.62. The van der Waals surface area contributed by atoms with Crippen molar-refractivity contribution >= 4 is 11.8 Å². The highest BCUT2D eigenvalue weighted by molar-refractivity contribution is 7.99. The Morgan fingerprint density at radius 1 is 0.931 bits per heavy atom. The summed E-state index contributed by atoms with van der Waals surface area (Å²) in [5.74, 6) is 1.26. The predicted octanol–water partition coefficient (Wildman–Crippen LogP) is 5.33. The van der Waals surface area contributed by atoms with Gasteiger partial charge >= 0.3 is 0 Å². The first-order chi connectivity index (χ1) is 14.2. The first-order valence-corrected chi connectivity index (χ1v) is 9.96. The third-order valence-electron chi connectivity index (χ3n) is 4.52. The third kappa shape index (κ3) is 4.14. The molecule has 1 atom stereocenters. The van der Waals surface area contributed by atoms with E-state index >= 15 is 0 Å². The summed E-state index contributed by atoms with van der Waals surface area (Å²) in [7, 11) is 1.64. The highest BCUT2D eigenvalue weighted by Gasteiger charge is 2.19. The van der Waals surface area contributed by atoms with Crippen LogP contribution in [0, 0.1) is 5.82 Å². The zero-order valence-corrected chi connectivity index (χ0v) is 16.8. The smallest absolute Gasteiger partial charge is 0.196 e. The highest BCUT2D eigenvalue weighted by Crippen LogP contribution is 2.37. The normalized spacial score (nSPS) is 12.0. The molecule has 2 aromatic carbocycles. The van der Waals surface area contributed by atoms with Crippen molar-refractivity contribution in [2.24, 2.45) is 0 Å². The lowest BCUT2D eigenvalue weighted by atomic mass is 10.2. The van der Waals surface area contributed by atoms with Crippen LogP contribution in [-0.2, 0) is 0 Å². The number of thioether (sulfide) groups is 1. The maximum absolute atomic E-state index is 13.3. The van der Waals surface area contributed by atoms with E-state index in [4.69, 9.17) is 4.74 Å². The molecule has 4 rings (SSSR count). The molecule has 0 radical (unpaired) electrons. The fourth-order valence-corrected chi connectivity index (χ4v) is 3.95. The van der Waals surface area contributed by atoms with Crippen molar-refractivity contribution in [2.75, 3.05) is 7.11 Å². The van der Waals surface area contributed by atoms with Crippen molar-refractivity contribution < 1.29 is 9.13 Å². The molecular formula is C22H19FN4OS. The van der Waals surface area contributed by atoms with Crippen molar-refractivity contribution in [2.45, 2.75) is 17.3 Å². The summed E-state index contributed by atoms with van der Waals surface area (Å²) < 4.78 is 20.6. The number of aromatic nitrogens is 4. The lowest BCUT2D eigenvalue weighted by molar-refractivity contribution is 0.414. The maximum Gasteiger partial charge on any atom is 0.196 e. The van der Waals surface area contributed by atoms with Crippen LogP contribution in [-0.4, -0.2) is 26.9 Å². The number of hydrogen-bond donors (Lipinski definition) is 0. The van der Waals surface area contributed by atoms with Gasteiger partial charge < -0.3 is 4.74 Å². The fourth-order valence-electron chi connectivity index (χ4n) is 2.96. The van der Waals surface area contributed by atoms with E-state index in [1.54, 1.807) is 43.4 Å². The Hall–Kier alpha value is -3.19. The number of rotatable bonds is 6. The van der Waals surface area contributed by atoms with Crippen LogP contribution < -0.4 is 4.74 Å². The lowest BCUT2D eigenvalue weighted by Gasteiger charge is -2.14. The van der Waals surface area contributed by atoms with Gasteiger partial charge in [0.05, 0.1) is 7.11 Å². The van der Waals surface area contributed by atoms with Crippen LogP contribution in [0.2, 0.25) is 0 Å². The second-order valence-corrected chi connectivity index (χ2v) is 7.70. The molecule has 0 saturated carbocycles. The monoisotopic (exact) mass is 406 g/mol. The van der Waals surface area contributed by atoms with E-state index in [0.29, 0.717) is 0 Å². The van der Waals surface area contributed by atoms with Crippen molar-refractivity contribution in [1.82, 2.24) is 19.7 Å². The molecule has 2 heterocycles. The van der Waals surface area contributed by atoms with Gasteiger partial charge in [0.25, 0.3) is 0 Å². The van der Waals surface area contributed by atoms with E-state index in [1.807, 2.05) is 41.0 Å². The van der Waals surface area contributed by atoms with Crippen LogP contribution in [0.3, 0.4) is 0 Å². The topological polar surface area (TPSA) is 52.8 Å². The molecule has 0 fully saturated rings. The maximum atomic E-state index is 13.3. The van der Waals surface area contributed by atoms with Crippen molar-refractivity contribution in [1.29, 1.82) is 0 Å². The van der Waals surface area contributed by atoms with Crippen molar-refractivity contribution in [3.63, 3.8) is 0 Å². The van der Waals surface area contributed by atoms with Crippen LogP contribution in [0.4, 0.5) is 4.39 Å². The molecule has 0 amide bonds. The van der Waals surface area contributed by atoms with Crippen LogP contribution in [0.5, 0.6) is 5.75 Å². The molecule has 0 aliphatic rings. The molecule has 2 aromatic heterocycles. The van der Waals surface area contributed by atoms with Gasteiger partial charge in [-0.2, -0.15) is 0 Å². The van der Waals surface area contributed by atoms with Gasteiger partial charge in [-0.25, -0.2) is 4.39 Å². The lowest BCUT2D eigenvalue weighted by Crippen LogP contribution is -2.01. The van der Waals surface area contributed by atoms with Crippen molar-refractivity contribution in [3.05, 3.63) is 84.4 Å². The van der Waals surface area contributed by atoms with E-state index in [9.17, 15) is 4.39 Å². The molecule has 4 aromatic rings. The molecule has 0 saturated heterocycles. The number of halogens is 1. The Kier molecular flexibility index (Phi) is 5.57. The van der Waals surface area contributed by atoms with Gasteiger partial charge in [-0.15, -0.1) is 10.2 Å². The van der Waals surface area contributed by atoms with Crippen LogP contribution in [0.15, 0.2) is 78.2 Å². The number of hydrogen-bond acceptors (Lipinski definition) is 5. The average Bonchev–Trinajstić information content (AvgIpc) is 3.18. The molecule has 29 heavy (non-hydrogen) atoms. The summed E-state index contributed by atoms with van der Waals surface area (Å²) in [6, 6.07) is 18.1.